The van der Waals surface area contributed by atoms with Crippen LogP contribution >= 0.6 is 0 Å². The molecule has 7 nitrogen and oxygen atoms in total. The monoisotopic (exact) mass is 513 g/mol. The van der Waals surface area contributed by atoms with Crippen LogP contribution in [0.2, 0.25) is 0 Å². The van der Waals surface area contributed by atoms with E-state index in [1.54, 1.807) is 25.7 Å². The topological polar surface area (TPSA) is 87.7 Å². The molecule has 2 unspecified atom stereocenters. The molecular weight excluding hydrogens is 466 g/mol. The summed E-state index contributed by atoms with van der Waals surface area (Å²) in [5.74, 6) is -0.175. The van der Waals surface area contributed by atoms with Gasteiger partial charge >= 0.3 is 6.09 Å². The molecule has 0 radical (unpaired) electrons. The Hall–Kier alpha value is -2.57. The summed E-state index contributed by atoms with van der Waals surface area (Å²) in [6.07, 6.45) is 7.95. The molecule has 2 fully saturated rings. The lowest BCUT2D eigenvalue weighted by Crippen LogP contribution is -2.58. The van der Waals surface area contributed by atoms with Crippen LogP contribution in [-0.4, -0.2) is 46.5 Å². The third-order valence-electron chi connectivity index (χ3n) is 7.29. The molecule has 2 saturated carbocycles. The van der Waals surface area contributed by atoms with Crippen LogP contribution in [0.25, 0.3) is 0 Å². The summed E-state index contributed by atoms with van der Waals surface area (Å²) in [6.45, 7) is 11.5. The lowest BCUT2D eigenvalue weighted by molar-refractivity contribution is -0.148. The molecule has 0 aromatic heterocycles. The third-order valence-corrected chi connectivity index (χ3v) is 7.29. The van der Waals surface area contributed by atoms with E-state index in [-0.39, 0.29) is 29.8 Å². The highest BCUT2D eigenvalue weighted by Crippen LogP contribution is 2.35. The average Bonchev–Trinajstić information content (AvgIpc) is 2.77. The molecule has 1 aromatic rings. The lowest BCUT2D eigenvalue weighted by Gasteiger charge is -2.44. The van der Waals surface area contributed by atoms with Gasteiger partial charge in [0, 0.05) is 12.1 Å². The standard InChI is InChI=1S/C30H47N3O4/c1-20(2)19-25(32-29(36)37-30(4,5)6)28(35)33(24-13-10-14-24)26(22-17-15-21(3)16-18-22)27(34)31-23-11-8-7-9-12-23/h15-18,20,23-26H,7-14,19H2,1-6H3,(H,31,34)(H,32,36). The Morgan fingerprint density at radius 1 is 0.973 bits per heavy atom. The molecule has 3 amide bonds. The first kappa shape index (κ1) is 29.0. The van der Waals surface area contributed by atoms with Crippen LogP contribution in [0.1, 0.15) is 110 Å². The van der Waals surface area contributed by atoms with E-state index in [1.165, 1.54) is 6.42 Å². The Balaban J connectivity index is 1.95. The van der Waals surface area contributed by atoms with E-state index in [0.717, 1.165) is 56.1 Å². The maximum atomic E-state index is 14.3. The van der Waals surface area contributed by atoms with E-state index in [9.17, 15) is 14.4 Å². The summed E-state index contributed by atoms with van der Waals surface area (Å²) in [5.41, 5.74) is 1.23. The number of hydrogen-bond donors (Lipinski definition) is 2. The van der Waals surface area contributed by atoms with Crippen LogP contribution in [0.4, 0.5) is 4.79 Å². The van der Waals surface area contributed by atoms with Gasteiger partial charge in [-0.15, -0.1) is 0 Å². The average molecular weight is 514 g/mol. The number of amides is 3. The summed E-state index contributed by atoms with van der Waals surface area (Å²) in [7, 11) is 0. The van der Waals surface area contributed by atoms with Gasteiger partial charge in [0.1, 0.15) is 17.7 Å². The molecule has 0 heterocycles. The minimum absolute atomic E-state index is 0.0361. The van der Waals surface area contributed by atoms with Gasteiger partial charge < -0.3 is 20.3 Å². The second kappa shape index (κ2) is 12.8. The van der Waals surface area contributed by atoms with Crippen molar-refractivity contribution in [1.29, 1.82) is 0 Å². The fourth-order valence-electron chi connectivity index (χ4n) is 5.22. The number of benzene rings is 1. The van der Waals surface area contributed by atoms with E-state index in [4.69, 9.17) is 4.74 Å². The van der Waals surface area contributed by atoms with Crippen molar-refractivity contribution < 1.29 is 19.1 Å². The Kier molecular flexibility index (Phi) is 10.0. The Morgan fingerprint density at radius 3 is 2.11 bits per heavy atom. The number of rotatable bonds is 9. The first-order valence-corrected chi connectivity index (χ1v) is 14.1. The van der Waals surface area contributed by atoms with E-state index < -0.39 is 23.8 Å². The first-order valence-electron chi connectivity index (χ1n) is 14.1. The van der Waals surface area contributed by atoms with Crippen LogP contribution in [0, 0.1) is 12.8 Å². The largest absolute Gasteiger partial charge is 0.444 e. The Morgan fingerprint density at radius 2 is 1.59 bits per heavy atom. The van der Waals surface area contributed by atoms with Crippen molar-refractivity contribution in [3.8, 4) is 0 Å². The number of ether oxygens (including phenoxy) is 1. The van der Waals surface area contributed by atoms with E-state index in [2.05, 4.69) is 10.6 Å². The fourth-order valence-corrected chi connectivity index (χ4v) is 5.22. The highest BCUT2D eigenvalue weighted by atomic mass is 16.6. The van der Waals surface area contributed by atoms with Gasteiger partial charge in [-0.25, -0.2) is 4.79 Å². The van der Waals surface area contributed by atoms with Crippen LogP contribution in [0.15, 0.2) is 24.3 Å². The SMILES string of the molecule is Cc1ccc(C(C(=O)NC2CCCCC2)N(C(=O)C(CC(C)C)NC(=O)OC(C)(C)C)C2CCC2)cc1. The number of alkyl carbamates (subject to hydrolysis) is 1. The van der Waals surface area contributed by atoms with Gasteiger partial charge in [-0.1, -0.05) is 62.9 Å². The van der Waals surface area contributed by atoms with Gasteiger partial charge in [-0.2, -0.15) is 0 Å². The third kappa shape index (κ3) is 8.47. The number of carbonyl (C=O) groups excluding carboxylic acids is 3. The predicted molar refractivity (Wildman–Crippen MR) is 146 cm³/mol. The molecule has 7 heteroatoms. The van der Waals surface area contributed by atoms with E-state index >= 15 is 0 Å². The molecule has 2 aliphatic rings. The maximum absolute atomic E-state index is 14.3. The quantitative estimate of drug-likeness (QED) is 0.436. The van der Waals surface area contributed by atoms with Crippen molar-refractivity contribution in [1.82, 2.24) is 15.5 Å². The number of hydrogen-bond acceptors (Lipinski definition) is 4. The molecule has 0 saturated heterocycles. The summed E-state index contributed by atoms with van der Waals surface area (Å²) >= 11 is 0. The summed E-state index contributed by atoms with van der Waals surface area (Å²) < 4.78 is 5.49. The zero-order valence-electron chi connectivity index (χ0n) is 23.6. The van der Waals surface area contributed by atoms with Gasteiger partial charge in [0.25, 0.3) is 0 Å². The first-order chi connectivity index (χ1) is 17.4. The van der Waals surface area contributed by atoms with E-state index in [0.29, 0.717) is 6.42 Å². The van der Waals surface area contributed by atoms with E-state index in [1.807, 2.05) is 45.0 Å². The maximum Gasteiger partial charge on any atom is 0.408 e. The number of aryl methyl sites for hydroxylation is 1. The second-order valence-corrected chi connectivity index (χ2v) is 12.3. The van der Waals surface area contributed by atoms with Crippen molar-refractivity contribution in [3.63, 3.8) is 0 Å². The summed E-state index contributed by atoms with van der Waals surface area (Å²) in [5, 5.41) is 6.12. The minimum atomic E-state index is -0.772. The molecule has 1 aromatic carbocycles. The number of nitrogens with one attached hydrogen (secondary N) is 2. The van der Waals surface area contributed by atoms with Gasteiger partial charge in [-0.3, -0.25) is 9.59 Å². The normalized spacial score (nSPS) is 18.5. The summed E-state index contributed by atoms with van der Waals surface area (Å²) in [6, 6.07) is 6.48. The van der Waals surface area contributed by atoms with Gasteiger partial charge in [-0.05, 0) is 77.7 Å². The highest BCUT2D eigenvalue weighted by Gasteiger charge is 2.42. The molecular formula is C30H47N3O4. The fraction of sp³-hybridized carbons (Fsp3) is 0.700. The highest BCUT2D eigenvalue weighted by molar-refractivity contribution is 5.92. The van der Waals surface area contributed by atoms with Crippen molar-refractivity contribution in [2.24, 2.45) is 5.92 Å². The van der Waals surface area contributed by atoms with Crippen molar-refractivity contribution >= 4 is 17.9 Å². The molecule has 2 aliphatic carbocycles. The smallest absolute Gasteiger partial charge is 0.408 e. The Labute approximate surface area is 223 Å². The van der Waals surface area contributed by atoms with Crippen molar-refractivity contribution in [3.05, 3.63) is 35.4 Å². The Bertz CT molecular complexity index is 912. The lowest BCUT2D eigenvalue weighted by atomic mass is 9.87. The molecule has 3 rings (SSSR count). The molecule has 2 N–H and O–H groups in total. The number of nitrogens with zero attached hydrogens (tertiary/aromatic N) is 1. The van der Waals surface area contributed by atoms with Gasteiger partial charge in [0.2, 0.25) is 11.8 Å². The van der Waals surface area contributed by atoms with Crippen molar-refractivity contribution in [2.75, 3.05) is 0 Å². The van der Waals surface area contributed by atoms with Gasteiger partial charge in [0.05, 0.1) is 0 Å². The van der Waals surface area contributed by atoms with Crippen LogP contribution in [0.3, 0.4) is 0 Å². The molecule has 0 spiro atoms. The molecule has 0 aliphatic heterocycles. The zero-order valence-corrected chi connectivity index (χ0v) is 23.6. The van der Waals surface area contributed by atoms with Gasteiger partial charge in [0.15, 0.2) is 0 Å². The minimum Gasteiger partial charge on any atom is -0.444 e. The number of carbonyl (C=O) groups is 3. The van der Waals surface area contributed by atoms with Crippen LogP contribution < -0.4 is 10.6 Å². The zero-order chi connectivity index (χ0) is 27.2. The van der Waals surface area contributed by atoms with Crippen LogP contribution in [-0.2, 0) is 14.3 Å². The van der Waals surface area contributed by atoms with Crippen LogP contribution in [0.5, 0.6) is 0 Å². The molecule has 206 valence electrons. The summed E-state index contributed by atoms with van der Waals surface area (Å²) in [4.78, 5) is 42.7. The predicted octanol–water partition coefficient (Wildman–Crippen LogP) is 5.81. The molecule has 0 bridgehead atoms. The molecule has 37 heavy (non-hydrogen) atoms. The van der Waals surface area contributed by atoms with Crippen molar-refractivity contribution in [2.45, 2.75) is 129 Å². The second-order valence-electron chi connectivity index (χ2n) is 12.3. The molecule has 2 atom stereocenters.